The lowest BCUT2D eigenvalue weighted by Crippen LogP contribution is -2.53. The molecule has 0 aliphatic heterocycles. The first kappa shape index (κ1) is 30.6. The number of sulfonamides is 1. The highest BCUT2D eigenvalue weighted by Crippen LogP contribution is 2.26. The topological polar surface area (TPSA) is 96.0 Å². The monoisotopic (exact) mass is 569 g/mol. The first-order chi connectivity index (χ1) is 19.1. The molecule has 0 aliphatic carbocycles. The molecule has 0 heterocycles. The molecule has 214 valence electrons. The van der Waals surface area contributed by atoms with Crippen LogP contribution in [0, 0.1) is 5.82 Å². The van der Waals surface area contributed by atoms with Gasteiger partial charge in [-0.1, -0.05) is 44.2 Å². The Morgan fingerprint density at radius 2 is 1.55 bits per heavy atom. The van der Waals surface area contributed by atoms with Crippen LogP contribution < -0.4 is 14.4 Å². The van der Waals surface area contributed by atoms with Crippen molar-refractivity contribution in [3.8, 4) is 5.75 Å². The Morgan fingerprint density at radius 1 is 0.925 bits per heavy atom. The molecule has 3 aromatic carbocycles. The van der Waals surface area contributed by atoms with Gasteiger partial charge in [0.15, 0.2) is 0 Å². The van der Waals surface area contributed by atoms with Crippen molar-refractivity contribution in [3.05, 3.63) is 90.2 Å². The predicted molar refractivity (Wildman–Crippen MR) is 153 cm³/mol. The molecule has 0 fully saturated rings. The highest BCUT2D eigenvalue weighted by Gasteiger charge is 2.34. The number of methoxy groups -OCH3 is 1. The second kappa shape index (κ2) is 13.9. The molecule has 3 rings (SSSR count). The smallest absolute Gasteiger partial charge is 0.264 e. The fourth-order valence-corrected chi connectivity index (χ4v) is 5.57. The van der Waals surface area contributed by atoms with Crippen molar-refractivity contribution in [2.24, 2.45) is 0 Å². The van der Waals surface area contributed by atoms with E-state index in [1.54, 1.807) is 6.92 Å². The van der Waals surface area contributed by atoms with Crippen molar-refractivity contribution >= 4 is 27.5 Å². The second-order valence-corrected chi connectivity index (χ2v) is 11.3. The summed E-state index contributed by atoms with van der Waals surface area (Å²) in [7, 11) is -2.79. The molecule has 2 amide bonds. The molecule has 2 atom stereocenters. The summed E-state index contributed by atoms with van der Waals surface area (Å²) in [5, 5.41) is 2.94. The van der Waals surface area contributed by atoms with E-state index in [0.29, 0.717) is 18.6 Å². The number of nitrogens with zero attached hydrogens (tertiary/aromatic N) is 2. The van der Waals surface area contributed by atoms with Crippen LogP contribution in [-0.4, -0.2) is 50.9 Å². The first-order valence-electron chi connectivity index (χ1n) is 13.2. The molecule has 3 aromatic rings. The quantitative estimate of drug-likeness (QED) is 0.321. The zero-order chi connectivity index (χ0) is 29.3. The molecule has 0 saturated heterocycles. The summed E-state index contributed by atoms with van der Waals surface area (Å²) in [5.74, 6) is -0.963. The molecule has 0 unspecified atom stereocenters. The summed E-state index contributed by atoms with van der Waals surface area (Å²) in [4.78, 5) is 28.6. The van der Waals surface area contributed by atoms with E-state index < -0.39 is 34.3 Å². The molecule has 8 nitrogen and oxygen atoms in total. The zero-order valence-electron chi connectivity index (χ0n) is 23.2. The van der Waals surface area contributed by atoms with Crippen LogP contribution in [-0.2, 0) is 26.2 Å². The Labute approximate surface area is 235 Å². The van der Waals surface area contributed by atoms with Gasteiger partial charge in [-0.3, -0.25) is 13.9 Å². The van der Waals surface area contributed by atoms with Crippen LogP contribution >= 0.6 is 0 Å². The highest BCUT2D eigenvalue weighted by atomic mass is 32.2. The van der Waals surface area contributed by atoms with Crippen molar-refractivity contribution < 1.29 is 27.1 Å². The van der Waals surface area contributed by atoms with E-state index in [1.165, 1.54) is 48.4 Å². The molecule has 0 aliphatic rings. The van der Waals surface area contributed by atoms with Crippen LogP contribution in [0.5, 0.6) is 5.75 Å². The van der Waals surface area contributed by atoms with Gasteiger partial charge in [0.05, 0.1) is 17.7 Å². The number of rotatable bonds is 13. The fraction of sp³-hybridized carbons (Fsp3) is 0.333. The summed E-state index contributed by atoms with van der Waals surface area (Å²) < 4.78 is 47.5. The van der Waals surface area contributed by atoms with E-state index in [9.17, 15) is 22.4 Å². The van der Waals surface area contributed by atoms with Crippen LogP contribution in [0.4, 0.5) is 10.1 Å². The van der Waals surface area contributed by atoms with E-state index in [-0.39, 0.29) is 29.1 Å². The predicted octanol–water partition coefficient (Wildman–Crippen LogP) is 4.75. The van der Waals surface area contributed by atoms with Gasteiger partial charge in [0.1, 0.15) is 24.2 Å². The van der Waals surface area contributed by atoms with E-state index in [1.807, 2.05) is 44.2 Å². The minimum atomic E-state index is -4.26. The zero-order valence-corrected chi connectivity index (χ0v) is 24.0. The third kappa shape index (κ3) is 7.59. The largest absolute Gasteiger partial charge is 0.497 e. The molecule has 0 aromatic heterocycles. The number of amides is 2. The van der Waals surface area contributed by atoms with Gasteiger partial charge in [0.25, 0.3) is 10.0 Å². The van der Waals surface area contributed by atoms with Gasteiger partial charge >= 0.3 is 0 Å². The molecule has 0 radical (unpaired) electrons. The van der Waals surface area contributed by atoms with Crippen LogP contribution in [0.2, 0.25) is 0 Å². The first-order valence-corrected chi connectivity index (χ1v) is 14.6. The molecule has 0 spiro atoms. The van der Waals surface area contributed by atoms with Gasteiger partial charge in [-0.25, -0.2) is 12.8 Å². The van der Waals surface area contributed by atoms with Gasteiger partial charge in [0, 0.05) is 12.6 Å². The van der Waals surface area contributed by atoms with E-state index >= 15 is 0 Å². The Balaban J connectivity index is 2.04. The van der Waals surface area contributed by atoms with E-state index in [0.717, 1.165) is 22.0 Å². The average Bonchev–Trinajstić information content (AvgIpc) is 2.96. The average molecular weight is 570 g/mol. The third-order valence-electron chi connectivity index (χ3n) is 6.62. The van der Waals surface area contributed by atoms with E-state index in [2.05, 4.69) is 5.32 Å². The lowest BCUT2D eigenvalue weighted by molar-refractivity contribution is -0.140. The summed E-state index contributed by atoms with van der Waals surface area (Å²) >= 11 is 0. The number of carbonyl (C=O) groups excluding carboxylic acids is 2. The number of hydrogen-bond acceptors (Lipinski definition) is 5. The number of ether oxygens (including phenoxy) is 1. The van der Waals surface area contributed by atoms with Crippen LogP contribution in [0.25, 0.3) is 0 Å². The number of halogens is 1. The van der Waals surface area contributed by atoms with Gasteiger partial charge in [-0.2, -0.15) is 0 Å². The second-order valence-electron chi connectivity index (χ2n) is 9.41. The molecule has 0 bridgehead atoms. The number of benzene rings is 3. The lowest BCUT2D eigenvalue weighted by Gasteiger charge is -2.33. The van der Waals surface area contributed by atoms with Gasteiger partial charge < -0.3 is 15.0 Å². The number of carbonyl (C=O) groups is 2. The number of anilines is 1. The van der Waals surface area contributed by atoms with Crippen LogP contribution in [0.15, 0.2) is 83.8 Å². The van der Waals surface area contributed by atoms with Crippen molar-refractivity contribution in [3.63, 3.8) is 0 Å². The SMILES string of the molecule is CC[C@H](C)NC(=O)[C@H](CC)N(Cc1ccccc1)C(=O)CN(c1ccc(F)cc1)S(=O)(=O)c1ccc(OC)cc1. The highest BCUT2D eigenvalue weighted by molar-refractivity contribution is 7.92. The Morgan fingerprint density at radius 3 is 2.10 bits per heavy atom. The van der Waals surface area contributed by atoms with Crippen molar-refractivity contribution in [2.45, 2.75) is 57.1 Å². The molecule has 0 saturated carbocycles. The fourth-order valence-electron chi connectivity index (χ4n) is 4.15. The molecular formula is C30H36FN3O5S. The molecule has 10 heteroatoms. The minimum absolute atomic E-state index is 0.0680. The Hall–Kier alpha value is -3.92. The summed E-state index contributed by atoms with van der Waals surface area (Å²) in [6.07, 6.45) is 1.04. The summed E-state index contributed by atoms with van der Waals surface area (Å²) in [6.45, 7) is 5.14. The minimum Gasteiger partial charge on any atom is -0.497 e. The molecule has 40 heavy (non-hydrogen) atoms. The van der Waals surface area contributed by atoms with Crippen LogP contribution in [0.3, 0.4) is 0 Å². The van der Waals surface area contributed by atoms with Gasteiger partial charge in [0.2, 0.25) is 11.8 Å². The van der Waals surface area contributed by atoms with Crippen LogP contribution in [0.1, 0.15) is 39.2 Å². The van der Waals surface area contributed by atoms with E-state index in [4.69, 9.17) is 4.74 Å². The van der Waals surface area contributed by atoms with Gasteiger partial charge in [-0.05, 0) is 73.9 Å². The number of hydrogen-bond donors (Lipinski definition) is 1. The van der Waals surface area contributed by atoms with Gasteiger partial charge in [-0.15, -0.1) is 0 Å². The maximum Gasteiger partial charge on any atom is 0.264 e. The van der Waals surface area contributed by atoms with Crippen molar-refractivity contribution in [1.82, 2.24) is 10.2 Å². The summed E-state index contributed by atoms with van der Waals surface area (Å²) in [6, 6.07) is 18.9. The maximum absolute atomic E-state index is 14.0. The normalized spacial score (nSPS) is 12.7. The maximum atomic E-state index is 14.0. The molecular weight excluding hydrogens is 533 g/mol. The Kier molecular flexibility index (Phi) is 10.7. The lowest BCUT2D eigenvalue weighted by atomic mass is 10.1. The Bertz CT molecular complexity index is 1370. The third-order valence-corrected chi connectivity index (χ3v) is 8.41. The van der Waals surface area contributed by atoms with Crippen molar-refractivity contribution in [1.29, 1.82) is 0 Å². The number of nitrogens with one attached hydrogen (secondary N) is 1. The van der Waals surface area contributed by atoms with Crippen molar-refractivity contribution in [2.75, 3.05) is 18.0 Å². The molecule has 1 N–H and O–H groups in total. The standard InChI is InChI=1S/C30H36FN3O5S/c1-5-22(3)32-30(36)28(6-2)33(20-23-10-8-7-9-11-23)29(35)21-34(25-14-12-24(31)13-15-25)40(37,38)27-18-16-26(39-4)17-19-27/h7-19,22,28H,5-6,20-21H2,1-4H3,(H,32,36)/t22-,28-/m0/s1. The summed E-state index contributed by atoms with van der Waals surface area (Å²) in [5.41, 5.74) is 0.902.